The molecule has 1 aromatic carbocycles. The number of nitrogens with zero attached hydrogens (tertiary/aromatic N) is 3. The van der Waals surface area contributed by atoms with E-state index in [1.165, 1.54) is 7.11 Å². The lowest BCUT2D eigenvalue weighted by molar-refractivity contribution is -0.153. The number of fused-ring (bicyclic) bond motifs is 1. The number of benzene rings is 1. The third kappa shape index (κ3) is 4.57. The van der Waals surface area contributed by atoms with E-state index < -0.39 is 47.1 Å². The molecule has 2 fully saturated rings. The second-order valence-electron chi connectivity index (χ2n) is 9.62. The Bertz CT molecular complexity index is 1120. The van der Waals surface area contributed by atoms with Gasteiger partial charge in [0.2, 0.25) is 0 Å². The van der Waals surface area contributed by atoms with Crippen LogP contribution in [0.15, 0.2) is 36.7 Å². The van der Waals surface area contributed by atoms with Gasteiger partial charge in [-0.05, 0) is 45.2 Å². The Balaban J connectivity index is 1.60. The van der Waals surface area contributed by atoms with Gasteiger partial charge in [0.25, 0.3) is 0 Å². The fourth-order valence-electron chi connectivity index (χ4n) is 4.63. The Labute approximate surface area is 196 Å². The molecular formula is C24H26FN3O6. The topological polar surface area (TPSA) is 108 Å². The maximum atomic E-state index is 13.2. The van der Waals surface area contributed by atoms with Crippen molar-refractivity contribution in [2.45, 2.75) is 57.8 Å². The molecule has 4 rings (SSSR count). The number of amides is 2. The molecule has 180 valence electrons. The van der Waals surface area contributed by atoms with Crippen molar-refractivity contribution in [1.82, 2.24) is 14.9 Å². The van der Waals surface area contributed by atoms with Crippen molar-refractivity contribution < 1.29 is 33.0 Å². The molecule has 0 unspecified atom stereocenters. The molecule has 0 N–H and O–H groups in total. The number of carbonyl (C=O) groups is 3. The van der Waals surface area contributed by atoms with Crippen LogP contribution in [-0.2, 0) is 25.4 Å². The van der Waals surface area contributed by atoms with Crippen molar-refractivity contribution in [3.63, 3.8) is 0 Å². The molecule has 0 bridgehead atoms. The summed E-state index contributed by atoms with van der Waals surface area (Å²) in [5.74, 6) is -0.639. The van der Waals surface area contributed by atoms with Crippen LogP contribution in [0, 0.1) is 11.2 Å². The highest BCUT2D eigenvalue weighted by Gasteiger charge is 2.60. The minimum absolute atomic E-state index is 0.173. The van der Waals surface area contributed by atoms with Gasteiger partial charge in [0.1, 0.15) is 11.7 Å². The normalized spacial score (nSPS) is 23.9. The summed E-state index contributed by atoms with van der Waals surface area (Å²) in [4.78, 5) is 47.1. The molecule has 2 aromatic rings. The number of rotatable bonds is 4. The molecule has 9 nitrogen and oxygen atoms in total. The minimum atomic E-state index is -1.02. The van der Waals surface area contributed by atoms with Gasteiger partial charge in [-0.2, -0.15) is 0 Å². The van der Waals surface area contributed by atoms with Crippen LogP contribution in [0.2, 0.25) is 0 Å². The van der Waals surface area contributed by atoms with Gasteiger partial charge in [-0.15, -0.1) is 0 Å². The standard InChI is InChI=1S/C24H26FN3O6/c1-23(2,3)34-22(31)28-17-10-24(20(29)32-4,11-18(17)33-21(28)30)9-14-6-5-7-15(8-14)19-26-12-16(25)13-27-19/h5-8,12-13,17-18H,9-11H2,1-4H3/t17-,18+,24-/m1/s1. The molecule has 0 radical (unpaired) electrons. The molecule has 1 aliphatic carbocycles. The first-order valence-corrected chi connectivity index (χ1v) is 10.9. The van der Waals surface area contributed by atoms with Crippen molar-refractivity contribution in [2.24, 2.45) is 5.41 Å². The van der Waals surface area contributed by atoms with Crippen LogP contribution in [0.5, 0.6) is 0 Å². The smallest absolute Gasteiger partial charge is 0.420 e. The third-order valence-corrected chi connectivity index (χ3v) is 5.96. The quantitative estimate of drug-likeness (QED) is 0.488. The SMILES string of the molecule is COC(=O)[C@@]1(Cc2cccc(-c3ncc(F)cn3)c2)C[C@@H]2OC(=O)N(C(=O)OC(C)(C)C)[C@@H]2C1. The van der Waals surface area contributed by atoms with Gasteiger partial charge in [-0.3, -0.25) is 4.79 Å². The van der Waals surface area contributed by atoms with Crippen molar-refractivity contribution in [1.29, 1.82) is 0 Å². The van der Waals surface area contributed by atoms with E-state index in [2.05, 4.69) is 9.97 Å². The Hall–Kier alpha value is -3.56. The van der Waals surface area contributed by atoms with Gasteiger partial charge in [-0.25, -0.2) is 28.8 Å². The number of hydrogen-bond donors (Lipinski definition) is 0. The average Bonchev–Trinajstić information content (AvgIpc) is 3.25. The summed E-state index contributed by atoms with van der Waals surface area (Å²) in [5, 5.41) is 0. The van der Waals surface area contributed by atoms with E-state index in [9.17, 15) is 18.8 Å². The van der Waals surface area contributed by atoms with Gasteiger partial charge in [0.15, 0.2) is 11.6 Å². The number of aromatic nitrogens is 2. The zero-order chi connectivity index (χ0) is 24.7. The first kappa shape index (κ1) is 23.6. The monoisotopic (exact) mass is 471 g/mol. The number of ether oxygens (including phenoxy) is 3. The van der Waals surface area contributed by atoms with E-state index in [0.717, 1.165) is 22.9 Å². The molecule has 10 heteroatoms. The fraction of sp³-hybridized carbons (Fsp3) is 0.458. The Morgan fingerprint density at radius 1 is 1.24 bits per heavy atom. The van der Waals surface area contributed by atoms with Crippen LogP contribution >= 0.6 is 0 Å². The van der Waals surface area contributed by atoms with Gasteiger partial charge >= 0.3 is 18.2 Å². The maximum Gasteiger partial charge on any atom is 0.420 e. The molecule has 1 saturated heterocycles. The van der Waals surface area contributed by atoms with Crippen molar-refractivity contribution in [2.75, 3.05) is 7.11 Å². The molecule has 2 aliphatic rings. The van der Waals surface area contributed by atoms with Crippen LogP contribution < -0.4 is 0 Å². The number of carbonyl (C=O) groups excluding carboxylic acids is 3. The first-order chi connectivity index (χ1) is 16.0. The predicted molar refractivity (Wildman–Crippen MR) is 117 cm³/mol. The highest BCUT2D eigenvalue weighted by Crippen LogP contribution is 2.48. The summed E-state index contributed by atoms with van der Waals surface area (Å²) in [6.07, 6.45) is 0.591. The van der Waals surface area contributed by atoms with Crippen LogP contribution in [0.3, 0.4) is 0 Å². The summed E-state index contributed by atoms with van der Waals surface area (Å²) < 4.78 is 29.2. The first-order valence-electron chi connectivity index (χ1n) is 10.9. The maximum absolute atomic E-state index is 13.2. The van der Waals surface area contributed by atoms with Gasteiger partial charge < -0.3 is 14.2 Å². The van der Waals surface area contributed by atoms with Crippen LogP contribution in [0.1, 0.15) is 39.2 Å². The number of hydrogen-bond acceptors (Lipinski definition) is 8. The molecule has 2 amide bonds. The van der Waals surface area contributed by atoms with Crippen LogP contribution in [0.4, 0.5) is 14.0 Å². The molecule has 1 aromatic heterocycles. The lowest BCUT2D eigenvalue weighted by atomic mass is 9.79. The molecule has 1 saturated carbocycles. The van der Waals surface area contributed by atoms with E-state index in [0.29, 0.717) is 11.4 Å². The van der Waals surface area contributed by atoms with E-state index in [-0.39, 0.29) is 19.3 Å². The molecule has 0 spiro atoms. The molecule has 2 heterocycles. The van der Waals surface area contributed by atoms with E-state index in [1.54, 1.807) is 32.9 Å². The zero-order valence-electron chi connectivity index (χ0n) is 19.4. The second-order valence-corrected chi connectivity index (χ2v) is 9.62. The Kier molecular flexibility index (Phi) is 6.01. The largest absolute Gasteiger partial charge is 0.469 e. The van der Waals surface area contributed by atoms with E-state index in [4.69, 9.17) is 14.2 Å². The van der Waals surface area contributed by atoms with Crippen molar-refractivity contribution >= 4 is 18.2 Å². The van der Waals surface area contributed by atoms with Crippen molar-refractivity contribution in [3.05, 3.63) is 48.0 Å². The molecular weight excluding hydrogens is 445 g/mol. The molecule has 1 aliphatic heterocycles. The minimum Gasteiger partial charge on any atom is -0.469 e. The third-order valence-electron chi connectivity index (χ3n) is 5.96. The summed E-state index contributed by atoms with van der Waals surface area (Å²) >= 11 is 0. The summed E-state index contributed by atoms with van der Waals surface area (Å²) in [7, 11) is 1.30. The Morgan fingerprint density at radius 3 is 2.59 bits per heavy atom. The lowest BCUT2D eigenvalue weighted by Crippen LogP contribution is -2.44. The molecule has 34 heavy (non-hydrogen) atoms. The van der Waals surface area contributed by atoms with Crippen LogP contribution in [0.25, 0.3) is 11.4 Å². The molecule has 3 atom stereocenters. The van der Waals surface area contributed by atoms with Crippen LogP contribution in [-0.4, -0.2) is 57.9 Å². The van der Waals surface area contributed by atoms with Gasteiger partial charge in [0, 0.05) is 12.0 Å². The number of halogens is 1. The van der Waals surface area contributed by atoms with Crippen molar-refractivity contribution in [3.8, 4) is 11.4 Å². The summed E-state index contributed by atoms with van der Waals surface area (Å²) in [5.41, 5.74) is -0.354. The van der Waals surface area contributed by atoms with E-state index >= 15 is 0 Å². The predicted octanol–water partition coefficient (Wildman–Crippen LogP) is 3.90. The average molecular weight is 471 g/mol. The Morgan fingerprint density at radius 2 is 1.94 bits per heavy atom. The number of methoxy groups -OCH3 is 1. The lowest BCUT2D eigenvalue weighted by Gasteiger charge is -2.29. The van der Waals surface area contributed by atoms with Gasteiger partial charge in [-0.1, -0.05) is 18.2 Å². The number of esters is 1. The number of imide groups is 1. The zero-order valence-corrected chi connectivity index (χ0v) is 19.4. The second kappa shape index (κ2) is 8.66. The fourth-order valence-corrected chi connectivity index (χ4v) is 4.63. The summed E-state index contributed by atoms with van der Waals surface area (Å²) in [6, 6.07) is 6.61. The highest BCUT2D eigenvalue weighted by molar-refractivity contribution is 5.91. The van der Waals surface area contributed by atoms with E-state index in [1.807, 2.05) is 12.1 Å². The summed E-state index contributed by atoms with van der Waals surface area (Å²) in [6.45, 7) is 5.11. The van der Waals surface area contributed by atoms with Gasteiger partial charge in [0.05, 0.1) is 31.0 Å². The highest BCUT2D eigenvalue weighted by atomic mass is 19.1.